The average molecular weight is 292 g/mol. The third-order valence-electron chi connectivity index (χ3n) is 3.18. The van der Waals surface area contributed by atoms with Gasteiger partial charge < -0.3 is 19.8 Å². The number of fused-ring (bicyclic) bond motifs is 1. The molecule has 0 amide bonds. The van der Waals surface area contributed by atoms with E-state index in [2.05, 4.69) is 22.9 Å². The van der Waals surface area contributed by atoms with Crippen molar-refractivity contribution in [3.05, 3.63) is 36.0 Å². The van der Waals surface area contributed by atoms with Gasteiger partial charge in [0.2, 0.25) is 0 Å². The van der Waals surface area contributed by atoms with Gasteiger partial charge in [0.15, 0.2) is 0 Å². The molecule has 0 saturated heterocycles. The highest BCUT2D eigenvalue weighted by Crippen LogP contribution is 2.18. The molecule has 0 radical (unpaired) electrons. The smallest absolute Gasteiger partial charge is 0.104 e. The van der Waals surface area contributed by atoms with Gasteiger partial charge in [-0.15, -0.1) is 0 Å². The van der Waals surface area contributed by atoms with Crippen molar-refractivity contribution in [2.75, 3.05) is 26.9 Å². The number of methoxy groups -OCH3 is 1. The summed E-state index contributed by atoms with van der Waals surface area (Å²) in [6.07, 6.45) is 3.05. The molecule has 0 unspecified atom stereocenters. The van der Waals surface area contributed by atoms with Crippen LogP contribution >= 0.6 is 12.2 Å². The quantitative estimate of drug-likeness (QED) is 0.599. The van der Waals surface area contributed by atoms with E-state index in [1.54, 1.807) is 7.11 Å². The van der Waals surface area contributed by atoms with Gasteiger partial charge in [-0.1, -0.05) is 24.4 Å². The molecule has 0 aliphatic rings. The average Bonchev–Trinajstić information content (AvgIpc) is 2.85. The molecule has 0 spiro atoms. The van der Waals surface area contributed by atoms with E-state index in [1.807, 2.05) is 12.1 Å². The summed E-state index contributed by atoms with van der Waals surface area (Å²) in [4.78, 5) is 0.433. The van der Waals surface area contributed by atoms with Crippen LogP contribution in [-0.4, -0.2) is 36.5 Å². The number of benzene rings is 1. The Balaban J connectivity index is 1.96. The van der Waals surface area contributed by atoms with Crippen molar-refractivity contribution in [1.29, 1.82) is 0 Å². The van der Waals surface area contributed by atoms with Crippen molar-refractivity contribution < 1.29 is 9.47 Å². The van der Waals surface area contributed by atoms with Crippen LogP contribution in [0.15, 0.2) is 30.5 Å². The molecule has 2 rings (SSSR count). The van der Waals surface area contributed by atoms with Crippen LogP contribution in [0.1, 0.15) is 12.0 Å². The lowest BCUT2D eigenvalue weighted by Gasteiger charge is -2.07. The zero-order valence-corrected chi connectivity index (χ0v) is 12.5. The van der Waals surface area contributed by atoms with Crippen LogP contribution in [-0.2, 0) is 16.0 Å². The molecule has 0 bridgehead atoms. The summed E-state index contributed by atoms with van der Waals surface area (Å²) in [7, 11) is 1.68. The molecule has 2 aromatic rings. The van der Waals surface area contributed by atoms with Crippen LogP contribution in [0.2, 0.25) is 0 Å². The van der Waals surface area contributed by atoms with E-state index in [0.717, 1.165) is 30.7 Å². The SMILES string of the molecule is COCCOCCCn1ccc2ccc(C(N)=S)cc21. The topological polar surface area (TPSA) is 49.4 Å². The highest BCUT2D eigenvalue weighted by molar-refractivity contribution is 7.80. The fraction of sp³-hybridized carbons (Fsp3) is 0.400. The van der Waals surface area contributed by atoms with E-state index < -0.39 is 0 Å². The molecule has 1 aromatic heterocycles. The Bertz CT molecular complexity index is 580. The molecule has 1 heterocycles. The summed E-state index contributed by atoms with van der Waals surface area (Å²) >= 11 is 5.03. The van der Waals surface area contributed by atoms with Crippen molar-refractivity contribution in [3.63, 3.8) is 0 Å². The summed E-state index contributed by atoms with van der Waals surface area (Å²) in [6.45, 7) is 2.94. The largest absolute Gasteiger partial charge is 0.389 e. The Morgan fingerprint density at radius 1 is 1.25 bits per heavy atom. The second-order valence-electron chi connectivity index (χ2n) is 4.61. The fourth-order valence-corrected chi connectivity index (χ4v) is 2.24. The van der Waals surface area contributed by atoms with Crippen LogP contribution in [0.4, 0.5) is 0 Å². The molecule has 0 atom stereocenters. The van der Waals surface area contributed by atoms with E-state index in [-0.39, 0.29) is 0 Å². The molecule has 108 valence electrons. The van der Waals surface area contributed by atoms with Crippen molar-refractivity contribution in [3.8, 4) is 0 Å². The summed E-state index contributed by atoms with van der Waals surface area (Å²) in [6, 6.07) is 8.16. The van der Waals surface area contributed by atoms with Gasteiger partial charge in [-0.25, -0.2) is 0 Å². The first-order valence-electron chi connectivity index (χ1n) is 6.68. The molecule has 1 aromatic carbocycles. The number of rotatable bonds is 8. The number of aryl methyl sites for hydroxylation is 1. The predicted octanol–water partition coefficient (Wildman–Crippen LogP) is 2.33. The van der Waals surface area contributed by atoms with Crippen molar-refractivity contribution in [2.24, 2.45) is 5.73 Å². The van der Waals surface area contributed by atoms with Gasteiger partial charge in [0.05, 0.1) is 13.2 Å². The van der Waals surface area contributed by atoms with Crippen LogP contribution in [0.3, 0.4) is 0 Å². The summed E-state index contributed by atoms with van der Waals surface area (Å²) < 4.78 is 12.6. The Morgan fingerprint density at radius 2 is 2.10 bits per heavy atom. The second-order valence-corrected chi connectivity index (χ2v) is 5.05. The molecule has 0 aliphatic carbocycles. The Hall–Kier alpha value is -1.43. The molecule has 5 heteroatoms. The third-order valence-corrected chi connectivity index (χ3v) is 3.41. The Kier molecular flexibility index (Phi) is 5.52. The second kappa shape index (κ2) is 7.38. The molecule has 20 heavy (non-hydrogen) atoms. The maximum absolute atomic E-state index is 5.68. The highest BCUT2D eigenvalue weighted by Gasteiger charge is 2.04. The van der Waals surface area contributed by atoms with E-state index in [4.69, 9.17) is 27.4 Å². The van der Waals surface area contributed by atoms with E-state index in [9.17, 15) is 0 Å². The number of thiocarbonyl (C=S) groups is 1. The maximum atomic E-state index is 5.68. The lowest BCUT2D eigenvalue weighted by atomic mass is 10.1. The first-order chi connectivity index (χ1) is 9.72. The summed E-state index contributed by atoms with van der Waals surface area (Å²) in [5.74, 6) is 0. The summed E-state index contributed by atoms with van der Waals surface area (Å²) in [5, 5.41) is 1.20. The number of hydrogen-bond donors (Lipinski definition) is 1. The molecule has 0 saturated carbocycles. The fourth-order valence-electron chi connectivity index (χ4n) is 2.11. The maximum Gasteiger partial charge on any atom is 0.104 e. The minimum absolute atomic E-state index is 0.433. The van der Waals surface area contributed by atoms with Gasteiger partial charge in [-0.05, 0) is 23.9 Å². The zero-order chi connectivity index (χ0) is 14.4. The van der Waals surface area contributed by atoms with Crippen LogP contribution < -0.4 is 5.73 Å². The zero-order valence-electron chi connectivity index (χ0n) is 11.7. The minimum atomic E-state index is 0.433. The number of ether oxygens (including phenoxy) is 2. The van der Waals surface area contributed by atoms with Gasteiger partial charge in [-0.2, -0.15) is 0 Å². The molecular formula is C15H20N2O2S. The van der Waals surface area contributed by atoms with Gasteiger partial charge in [0.25, 0.3) is 0 Å². The molecule has 4 nitrogen and oxygen atoms in total. The lowest BCUT2D eigenvalue weighted by Crippen LogP contribution is -2.09. The number of aromatic nitrogens is 1. The Labute approximate surface area is 124 Å². The van der Waals surface area contributed by atoms with Gasteiger partial charge in [0, 0.05) is 37.5 Å². The van der Waals surface area contributed by atoms with Gasteiger partial charge >= 0.3 is 0 Å². The molecule has 2 N–H and O–H groups in total. The van der Waals surface area contributed by atoms with Crippen LogP contribution in [0.25, 0.3) is 10.9 Å². The van der Waals surface area contributed by atoms with Crippen molar-refractivity contribution in [2.45, 2.75) is 13.0 Å². The van der Waals surface area contributed by atoms with E-state index >= 15 is 0 Å². The van der Waals surface area contributed by atoms with E-state index in [0.29, 0.717) is 18.2 Å². The monoisotopic (exact) mass is 292 g/mol. The first kappa shape index (κ1) is 15.0. The third kappa shape index (κ3) is 3.79. The van der Waals surface area contributed by atoms with Gasteiger partial charge in [0.1, 0.15) is 4.99 Å². The lowest BCUT2D eigenvalue weighted by molar-refractivity contribution is 0.0681. The van der Waals surface area contributed by atoms with Crippen LogP contribution in [0.5, 0.6) is 0 Å². The van der Waals surface area contributed by atoms with Crippen molar-refractivity contribution >= 4 is 28.1 Å². The first-order valence-corrected chi connectivity index (χ1v) is 7.08. The minimum Gasteiger partial charge on any atom is -0.389 e. The normalized spacial score (nSPS) is 11.1. The number of hydrogen-bond acceptors (Lipinski definition) is 3. The van der Waals surface area contributed by atoms with Crippen LogP contribution in [0, 0.1) is 0 Å². The van der Waals surface area contributed by atoms with Gasteiger partial charge in [-0.3, -0.25) is 0 Å². The highest BCUT2D eigenvalue weighted by atomic mass is 32.1. The van der Waals surface area contributed by atoms with E-state index in [1.165, 1.54) is 5.39 Å². The number of nitrogens with two attached hydrogens (primary N) is 1. The molecule has 0 aliphatic heterocycles. The molecular weight excluding hydrogens is 272 g/mol. The number of nitrogens with zero attached hydrogens (tertiary/aromatic N) is 1. The predicted molar refractivity (Wildman–Crippen MR) is 85.1 cm³/mol. The van der Waals surface area contributed by atoms with Crippen molar-refractivity contribution in [1.82, 2.24) is 4.57 Å². The Morgan fingerprint density at radius 3 is 2.85 bits per heavy atom. The summed E-state index contributed by atoms with van der Waals surface area (Å²) in [5.41, 5.74) is 7.75. The molecule has 0 fully saturated rings. The standard InChI is InChI=1S/C15H20N2O2S/c1-18-9-10-19-8-2-6-17-7-5-12-3-4-13(15(16)20)11-14(12)17/h3-5,7,11H,2,6,8-10H2,1H3,(H2,16,20).